The zero-order valence-electron chi connectivity index (χ0n) is 7.40. The van der Waals surface area contributed by atoms with E-state index in [0.29, 0.717) is 11.5 Å². The van der Waals surface area contributed by atoms with Crippen LogP contribution in [0.2, 0.25) is 0 Å². The maximum absolute atomic E-state index is 5.32. The quantitative estimate of drug-likeness (QED) is 0.557. The molecule has 2 bridgehead atoms. The van der Waals surface area contributed by atoms with E-state index in [9.17, 15) is 0 Å². The lowest BCUT2D eigenvalue weighted by Gasteiger charge is -2.32. The van der Waals surface area contributed by atoms with Crippen molar-refractivity contribution in [2.75, 3.05) is 0 Å². The van der Waals surface area contributed by atoms with Crippen LogP contribution in [0.1, 0.15) is 33.6 Å². The van der Waals surface area contributed by atoms with Gasteiger partial charge < -0.3 is 5.32 Å². The van der Waals surface area contributed by atoms with Gasteiger partial charge in [0, 0.05) is 11.5 Å². The smallest absolute Gasteiger partial charge is 0.0821 e. The van der Waals surface area contributed by atoms with Crippen LogP contribution < -0.4 is 5.32 Å². The van der Waals surface area contributed by atoms with Crippen LogP contribution in [0.25, 0.3) is 0 Å². The first kappa shape index (κ1) is 7.53. The average Bonchev–Trinajstić information content (AvgIpc) is 2.20. The molecule has 2 aliphatic rings. The summed E-state index contributed by atoms with van der Waals surface area (Å²) in [5.74, 6) is 0. The summed E-state index contributed by atoms with van der Waals surface area (Å²) < 4.78 is 0. The van der Waals surface area contributed by atoms with Crippen LogP contribution in [0.5, 0.6) is 0 Å². The van der Waals surface area contributed by atoms with E-state index in [1.165, 1.54) is 12.8 Å². The van der Waals surface area contributed by atoms with Crippen LogP contribution in [-0.4, -0.2) is 11.0 Å². The molecule has 0 aromatic rings. The standard InChI is InChI=1S/C9H15NS/c1-8(2)6-4-5-9(8,3)7(11)10-6/h6H,4-5H2,1-3H3,(H,10,11)/t6-,9-/m0/s1. The van der Waals surface area contributed by atoms with Crippen LogP contribution in [0.3, 0.4) is 0 Å². The highest BCUT2D eigenvalue weighted by Crippen LogP contribution is 2.57. The van der Waals surface area contributed by atoms with Gasteiger partial charge in [-0.25, -0.2) is 0 Å². The summed E-state index contributed by atoms with van der Waals surface area (Å²) in [6, 6.07) is 0.639. The maximum atomic E-state index is 5.32. The Morgan fingerprint density at radius 2 is 2.09 bits per heavy atom. The normalized spacial score (nSPS) is 46.1. The van der Waals surface area contributed by atoms with E-state index in [-0.39, 0.29) is 5.41 Å². The number of hydrogen-bond donors (Lipinski definition) is 1. The average molecular weight is 169 g/mol. The van der Waals surface area contributed by atoms with E-state index in [4.69, 9.17) is 12.2 Å². The van der Waals surface area contributed by atoms with Crippen LogP contribution >= 0.6 is 12.2 Å². The van der Waals surface area contributed by atoms with E-state index >= 15 is 0 Å². The van der Waals surface area contributed by atoms with Crippen molar-refractivity contribution in [3.8, 4) is 0 Å². The molecule has 62 valence electrons. The molecule has 2 rings (SSSR count). The van der Waals surface area contributed by atoms with Gasteiger partial charge in [-0.3, -0.25) is 0 Å². The molecule has 1 aliphatic carbocycles. The third kappa shape index (κ3) is 0.645. The predicted octanol–water partition coefficient (Wildman–Crippen LogP) is 2.11. The van der Waals surface area contributed by atoms with Crippen molar-refractivity contribution in [2.45, 2.75) is 39.7 Å². The molecule has 1 saturated heterocycles. The monoisotopic (exact) mass is 169 g/mol. The summed E-state index contributed by atoms with van der Waals surface area (Å²) in [6.07, 6.45) is 2.57. The molecule has 1 heterocycles. The lowest BCUT2D eigenvalue weighted by Crippen LogP contribution is -2.33. The Hall–Kier alpha value is -0.110. The van der Waals surface area contributed by atoms with Gasteiger partial charge in [-0.2, -0.15) is 0 Å². The molecular weight excluding hydrogens is 154 g/mol. The number of piperidine rings is 1. The third-order valence-electron chi connectivity index (χ3n) is 4.03. The van der Waals surface area contributed by atoms with Crippen LogP contribution in [0, 0.1) is 10.8 Å². The summed E-state index contributed by atoms with van der Waals surface area (Å²) in [7, 11) is 0. The molecule has 1 N–H and O–H groups in total. The highest BCUT2D eigenvalue weighted by molar-refractivity contribution is 7.80. The van der Waals surface area contributed by atoms with Gasteiger partial charge in [0.1, 0.15) is 0 Å². The highest BCUT2D eigenvalue weighted by atomic mass is 32.1. The summed E-state index contributed by atoms with van der Waals surface area (Å²) in [5.41, 5.74) is 0.664. The first-order valence-electron chi connectivity index (χ1n) is 4.29. The highest BCUT2D eigenvalue weighted by Gasteiger charge is 2.59. The van der Waals surface area contributed by atoms with Gasteiger partial charge in [-0.05, 0) is 18.3 Å². The fraction of sp³-hybridized carbons (Fsp3) is 0.889. The Kier molecular flexibility index (Phi) is 1.23. The van der Waals surface area contributed by atoms with Crippen LogP contribution in [0.15, 0.2) is 0 Å². The first-order chi connectivity index (χ1) is 4.98. The van der Waals surface area contributed by atoms with Gasteiger partial charge in [-0.15, -0.1) is 0 Å². The van der Waals surface area contributed by atoms with Crippen LogP contribution in [0.4, 0.5) is 0 Å². The van der Waals surface area contributed by atoms with Crippen LogP contribution in [-0.2, 0) is 0 Å². The second-order valence-electron chi connectivity index (χ2n) is 4.62. The topological polar surface area (TPSA) is 12.0 Å². The van der Waals surface area contributed by atoms with E-state index in [1.54, 1.807) is 0 Å². The molecule has 1 nitrogen and oxygen atoms in total. The van der Waals surface area contributed by atoms with Crippen molar-refractivity contribution in [3.63, 3.8) is 0 Å². The number of hydrogen-bond acceptors (Lipinski definition) is 1. The molecule has 0 aromatic heterocycles. The van der Waals surface area contributed by atoms with Crippen molar-refractivity contribution in [1.82, 2.24) is 5.32 Å². The molecule has 0 amide bonds. The Bertz CT molecular complexity index is 222. The van der Waals surface area contributed by atoms with Gasteiger partial charge in [0.05, 0.1) is 4.99 Å². The second-order valence-corrected chi connectivity index (χ2v) is 5.03. The van der Waals surface area contributed by atoms with Gasteiger partial charge >= 0.3 is 0 Å². The minimum absolute atomic E-state index is 0.285. The Morgan fingerprint density at radius 3 is 2.27 bits per heavy atom. The van der Waals surface area contributed by atoms with Crippen molar-refractivity contribution in [3.05, 3.63) is 0 Å². The largest absolute Gasteiger partial charge is 0.376 e. The molecule has 0 unspecified atom stereocenters. The Morgan fingerprint density at radius 1 is 1.45 bits per heavy atom. The molecule has 11 heavy (non-hydrogen) atoms. The van der Waals surface area contributed by atoms with E-state index in [2.05, 4.69) is 26.1 Å². The van der Waals surface area contributed by atoms with Crippen molar-refractivity contribution < 1.29 is 0 Å². The fourth-order valence-corrected chi connectivity index (χ4v) is 2.98. The van der Waals surface area contributed by atoms with Gasteiger partial charge in [-0.1, -0.05) is 33.0 Å². The first-order valence-corrected chi connectivity index (χ1v) is 4.70. The number of fused-ring (bicyclic) bond motifs is 2. The lowest BCUT2D eigenvalue weighted by molar-refractivity contribution is 0.225. The van der Waals surface area contributed by atoms with E-state index in [0.717, 1.165) is 4.99 Å². The lowest BCUT2D eigenvalue weighted by atomic mass is 9.71. The molecule has 1 aliphatic heterocycles. The molecule has 1 saturated carbocycles. The molecule has 2 atom stereocenters. The summed E-state index contributed by atoms with van der Waals surface area (Å²) in [5, 5.41) is 3.42. The number of rotatable bonds is 0. The molecule has 0 spiro atoms. The molecular formula is C9H15NS. The zero-order valence-corrected chi connectivity index (χ0v) is 8.22. The number of nitrogens with one attached hydrogen (secondary N) is 1. The van der Waals surface area contributed by atoms with Crippen molar-refractivity contribution in [2.24, 2.45) is 10.8 Å². The summed E-state index contributed by atoms with van der Waals surface area (Å²) in [6.45, 7) is 6.96. The van der Waals surface area contributed by atoms with E-state index in [1.807, 2.05) is 0 Å². The minimum atomic E-state index is 0.285. The molecule has 2 heteroatoms. The van der Waals surface area contributed by atoms with Gasteiger partial charge in [0.15, 0.2) is 0 Å². The fourth-order valence-electron chi connectivity index (χ4n) is 2.48. The van der Waals surface area contributed by atoms with Gasteiger partial charge in [0.25, 0.3) is 0 Å². The van der Waals surface area contributed by atoms with E-state index < -0.39 is 0 Å². The molecule has 0 radical (unpaired) electrons. The Labute approximate surface area is 73.6 Å². The van der Waals surface area contributed by atoms with Crippen molar-refractivity contribution in [1.29, 1.82) is 0 Å². The number of thiocarbonyl (C=S) groups is 1. The molecule has 0 aromatic carbocycles. The molecule has 2 fully saturated rings. The van der Waals surface area contributed by atoms with Gasteiger partial charge in [0.2, 0.25) is 0 Å². The summed E-state index contributed by atoms with van der Waals surface area (Å²) >= 11 is 5.32. The minimum Gasteiger partial charge on any atom is -0.376 e. The Balaban J connectivity index is 2.47. The zero-order chi connectivity index (χ0) is 8.28. The van der Waals surface area contributed by atoms with Crippen molar-refractivity contribution >= 4 is 17.2 Å². The predicted molar refractivity (Wildman–Crippen MR) is 50.6 cm³/mol. The maximum Gasteiger partial charge on any atom is 0.0821 e. The third-order valence-corrected chi connectivity index (χ3v) is 4.60. The second kappa shape index (κ2) is 1.79. The summed E-state index contributed by atoms with van der Waals surface area (Å²) in [4.78, 5) is 1.10. The SMILES string of the molecule is CC1(C)[C@@H]2CC[C@@]1(C)C(=S)N2.